The van der Waals surface area contributed by atoms with E-state index in [0.717, 1.165) is 65.4 Å². The number of carbonyl (C=O) groups excluding carboxylic acids is 1. The van der Waals surface area contributed by atoms with E-state index in [1.165, 1.54) is 205 Å². The minimum absolute atomic E-state index is 0.357. The average Bonchev–Trinajstić information content (AvgIpc) is 3.14. The molecule has 0 aromatic heterocycles. The maximum atomic E-state index is 13.7. The van der Waals surface area contributed by atoms with E-state index in [1.807, 2.05) is 0 Å². The minimum atomic E-state index is 0.357. The highest BCUT2D eigenvalue weighted by atomic mass is 16.2. The minimum Gasteiger partial charge on any atom is -0.342 e. The molecule has 0 spiro atoms. The van der Waals surface area contributed by atoms with Crippen LogP contribution in [0.5, 0.6) is 0 Å². The molecule has 0 aliphatic carbocycles. The van der Waals surface area contributed by atoms with Crippen molar-refractivity contribution in [2.75, 3.05) is 72.0 Å². The smallest absolute Gasteiger partial charge is 0.236 e. The Kier molecular flexibility index (Phi) is 39.3. The lowest BCUT2D eigenvalue weighted by molar-refractivity contribution is -0.132. The topological polar surface area (TPSA) is 59.6 Å². The molecule has 0 radical (unpaired) electrons. The van der Waals surface area contributed by atoms with Crippen LogP contribution in [0.4, 0.5) is 0 Å². The molecule has 3 N–H and O–H groups in total. The molecule has 1 heterocycles. The molecule has 310 valence electrons. The van der Waals surface area contributed by atoms with Crippen LogP contribution in [0.15, 0.2) is 0 Å². The van der Waals surface area contributed by atoms with Crippen molar-refractivity contribution in [3.05, 3.63) is 0 Å². The molecule has 0 aromatic rings. The van der Waals surface area contributed by atoms with Gasteiger partial charge in [-0.15, -0.1) is 0 Å². The molecule has 52 heavy (non-hydrogen) atoms. The van der Waals surface area contributed by atoms with Crippen LogP contribution in [0.1, 0.15) is 219 Å². The monoisotopic (exact) mass is 734 g/mol. The first-order chi connectivity index (χ1) is 25.8. The lowest BCUT2D eigenvalue weighted by atomic mass is 10.0. The van der Waals surface area contributed by atoms with Crippen LogP contribution in [0, 0.1) is 0 Å². The number of nitrogens with one attached hydrogen (secondary N) is 3. The molecule has 0 atom stereocenters. The number of hydrogen-bond acceptors (Lipinski definition) is 5. The van der Waals surface area contributed by atoms with E-state index < -0.39 is 0 Å². The van der Waals surface area contributed by atoms with Gasteiger partial charge in [0.2, 0.25) is 5.91 Å². The van der Waals surface area contributed by atoms with Crippen LogP contribution in [-0.2, 0) is 4.79 Å². The zero-order valence-electron chi connectivity index (χ0n) is 35.7. The van der Waals surface area contributed by atoms with Crippen molar-refractivity contribution in [1.29, 1.82) is 0 Å². The molecule has 1 fully saturated rings. The van der Waals surface area contributed by atoms with Crippen molar-refractivity contribution in [3.63, 3.8) is 0 Å². The summed E-state index contributed by atoms with van der Waals surface area (Å²) < 4.78 is 0. The van der Waals surface area contributed by atoms with Gasteiger partial charge in [-0.05, 0) is 12.8 Å². The van der Waals surface area contributed by atoms with Gasteiger partial charge in [0.25, 0.3) is 0 Å². The standard InChI is InChI=1S/C46H95N5O/c1-3-5-7-9-11-13-15-17-19-21-23-25-27-29-31-33-41-51(46(52)45-50-43-39-48-37-35-47-36-38-49-40-44-50)42-34-32-30-28-26-24-22-20-18-16-14-12-10-8-6-4-2/h47-49H,3-45H2,1-2H3. The Morgan fingerprint density at radius 3 is 0.923 bits per heavy atom. The molecule has 0 saturated carbocycles. The molecule has 1 amide bonds. The Hall–Kier alpha value is -0.690. The molecule has 6 nitrogen and oxygen atoms in total. The first-order valence-corrected chi connectivity index (χ1v) is 23.9. The first kappa shape index (κ1) is 49.3. The van der Waals surface area contributed by atoms with Gasteiger partial charge in [-0.3, -0.25) is 9.69 Å². The van der Waals surface area contributed by atoms with Gasteiger partial charge < -0.3 is 20.9 Å². The number of carbonyl (C=O) groups is 1. The first-order valence-electron chi connectivity index (χ1n) is 23.9. The van der Waals surface area contributed by atoms with Crippen LogP contribution >= 0.6 is 0 Å². The predicted octanol–water partition coefficient (Wildman–Crippen LogP) is 11.4. The van der Waals surface area contributed by atoms with E-state index in [1.54, 1.807) is 0 Å². The number of unbranched alkanes of at least 4 members (excludes halogenated alkanes) is 30. The highest BCUT2D eigenvalue weighted by Gasteiger charge is 2.17. The van der Waals surface area contributed by atoms with Crippen molar-refractivity contribution in [3.8, 4) is 0 Å². The molecular formula is C46H95N5O. The lowest BCUT2D eigenvalue weighted by Gasteiger charge is -2.28. The fourth-order valence-electron chi connectivity index (χ4n) is 7.83. The Bertz CT molecular complexity index is 658. The molecular weight excluding hydrogens is 639 g/mol. The Morgan fingerprint density at radius 2 is 0.635 bits per heavy atom. The third-order valence-corrected chi connectivity index (χ3v) is 11.4. The van der Waals surface area contributed by atoms with Crippen molar-refractivity contribution in [1.82, 2.24) is 25.8 Å². The zero-order valence-corrected chi connectivity index (χ0v) is 35.7. The summed E-state index contributed by atoms with van der Waals surface area (Å²) in [4.78, 5) is 18.3. The summed E-state index contributed by atoms with van der Waals surface area (Å²) in [6.07, 6.45) is 44.5. The molecule has 1 rings (SSSR count). The van der Waals surface area contributed by atoms with Crippen LogP contribution < -0.4 is 16.0 Å². The summed E-state index contributed by atoms with van der Waals surface area (Å²) in [5, 5.41) is 10.6. The predicted molar refractivity (Wildman–Crippen MR) is 231 cm³/mol. The van der Waals surface area contributed by atoms with E-state index in [-0.39, 0.29) is 0 Å². The van der Waals surface area contributed by atoms with Gasteiger partial charge in [-0.1, -0.05) is 206 Å². The van der Waals surface area contributed by atoms with Crippen molar-refractivity contribution >= 4 is 5.91 Å². The number of amides is 1. The van der Waals surface area contributed by atoms with Crippen LogP contribution in [0.2, 0.25) is 0 Å². The third kappa shape index (κ3) is 35.0. The highest BCUT2D eigenvalue weighted by Crippen LogP contribution is 2.16. The van der Waals surface area contributed by atoms with Crippen LogP contribution in [-0.4, -0.2) is 87.7 Å². The van der Waals surface area contributed by atoms with E-state index in [4.69, 9.17) is 0 Å². The summed E-state index contributed by atoms with van der Waals surface area (Å²) in [5.74, 6) is 0.357. The summed E-state index contributed by atoms with van der Waals surface area (Å²) in [5.41, 5.74) is 0. The average molecular weight is 734 g/mol. The van der Waals surface area contributed by atoms with E-state index in [0.29, 0.717) is 12.5 Å². The molecule has 0 aromatic carbocycles. The molecule has 0 bridgehead atoms. The SMILES string of the molecule is CCCCCCCCCCCCCCCCCCN(CCCCCCCCCCCCCCCCCC)C(=O)CN1CCNCCNCCNCC1. The van der Waals surface area contributed by atoms with Gasteiger partial charge >= 0.3 is 0 Å². The van der Waals surface area contributed by atoms with Gasteiger partial charge in [0.15, 0.2) is 0 Å². The van der Waals surface area contributed by atoms with Crippen LogP contribution in [0.3, 0.4) is 0 Å². The van der Waals surface area contributed by atoms with E-state index >= 15 is 0 Å². The van der Waals surface area contributed by atoms with Gasteiger partial charge in [-0.2, -0.15) is 0 Å². The maximum Gasteiger partial charge on any atom is 0.236 e. The molecule has 0 unspecified atom stereocenters. The summed E-state index contributed by atoms with van der Waals surface area (Å²) in [6.45, 7) is 14.9. The third-order valence-electron chi connectivity index (χ3n) is 11.4. The Balaban J connectivity index is 2.26. The molecule has 1 saturated heterocycles. The second kappa shape index (κ2) is 41.5. The zero-order chi connectivity index (χ0) is 37.3. The van der Waals surface area contributed by atoms with Crippen molar-refractivity contribution in [2.45, 2.75) is 219 Å². The fraction of sp³-hybridized carbons (Fsp3) is 0.978. The molecule has 1 aliphatic heterocycles. The van der Waals surface area contributed by atoms with Crippen molar-refractivity contribution in [2.24, 2.45) is 0 Å². The van der Waals surface area contributed by atoms with Crippen LogP contribution in [0.25, 0.3) is 0 Å². The Morgan fingerprint density at radius 1 is 0.385 bits per heavy atom. The summed E-state index contributed by atoms with van der Waals surface area (Å²) in [6, 6.07) is 0. The molecule has 1 aliphatic rings. The number of nitrogens with zero attached hydrogens (tertiary/aromatic N) is 2. The number of rotatable bonds is 36. The summed E-state index contributed by atoms with van der Waals surface area (Å²) in [7, 11) is 0. The second-order valence-corrected chi connectivity index (χ2v) is 16.5. The van der Waals surface area contributed by atoms with Gasteiger partial charge in [0.05, 0.1) is 6.54 Å². The largest absolute Gasteiger partial charge is 0.342 e. The second-order valence-electron chi connectivity index (χ2n) is 16.5. The molecule has 6 heteroatoms. The van der Waals surface area contributed by atoms with Gasteiger partial charge in [0.1, 0.15) is 0 Å². The fourth-order valence-corrected chi connectivity index (χ4v) is 7.83. The van der Waals surface area contributed by atoms with E-state index in [9.17, 15) is 4.79 Å². The Labute approximate surface area is 326 Å². The summed E-state index contributed by atoms with van der Waals surface area (Å²) >= 11 is 0. The quantitative estimate of drug-likeness (QED) is 0.0560. The number of hydrogen-bond donors (Lipinski definition) is 3. The van der Waals surface area contributed by atoms with E-state index in [2.05, 4.69) is 39.6 Å². The lowest BCUT2D eigenvalue weighted by Crippen LogP contribution is -2.46. The van der Waals surface area contributed by atoms with Gasteiger partial charge in [-0.25, -0.2) is 0 Å². The normalized spacial score (nSPS) is 15.0. The highest BCUT2D eigenvalue weighted by molar-refractivity contribution is 5.78. The van der Waals surface area contributed by atoms with Gasteiger partial charge in [0, 0.05) is 65.4 Å². The maximum absolute atomic E-state index is 13.7. The van der Waals surface area contributed by atoms with Crippen molar-refractivity contribution < 1.29 is 4.79 Å².